The average Bonchev–Trinajstić information content (AvgIpc) is 2.79. The topological polar surface area (TPSA) is 81.6 Å². The maximum atomic E-state index is 11.8. The van der Waals surface area contributed by atoms with Crippen molar-refractivity contribution in [3.05, 3.63) is 29.3 Å². The third-order valence-corrected chi connectivity index (χ3v) is 5.01. The number of benzene rings is 1. The van der Waals surface area contributed by atoms with Gasteiger partial charge in [-0.05, 0) is 43.9 Å². The highest BCUT2D eigenvalue weighted by atomic mass is 127. The summed E-state index contributed by atoms with van der Waals surface area (Å²) in [6, 6.07) is 5.43. The molecule has 1 aliphatic heterocycles. The van der Waals surface area contributed by atoms with Crippen LogP contribution in [0.5, 0.6) is 5.75 Å². The van der Waals surface area contributed by atoms with E-state index in [9.17, 15) is 4.79 Å². The lowest BCUT2D eigenvalue weighted by molar-refractivity contribution is 0.00989. The number of esters is 1. The van der Waals surface area contributed by atoms with Crippen molar-refractivity contribution in [2.75, 3.05) is 54.2 Å². The second-order valence-electron chi connectivity index (χ2n) is 7.10. The van der Waals surface area contributed by atoms with Crippen molar-refractivity contribution in [2.45, 2.75) is 38.8 Å². The number of likely N-dealkylation sites (tertiary alicyclic amines) is 1. The van der Waals surface area contributed by atoms with Crippen molar-refractivity contribution in [2.24, 2.45) is 4.99 Å². The number of methoxy groups -OCH3 is 3. The van der Waals surface area contributed by atoms with Crippen LogP contribution in [0, 0.1) is 0 Å². The summed E-state index contributed by atoms with van der Waals surface area (Å²) in [7, 11) is 4.61. The summed E-state index contributed by atoms with van der Waals surface area (Å²) >= 11 is 0. The number of halogens is 1. The zero-order valence-corrected chi connectivity index (χ0v) is 21.3. The molecular weight excluding hydrogens is 513 g/mol. The van der Waals surface area contributed by atoms with Crippen LogP contribution in [0.15, 0.2) is 23.2 Å². The monoisotopic (exact) mass is 549 g/mol. The molecule has 0 amide bonds. The van der Waals surface area contributed by atoms with Crippen LogP contribution < -0.4 is 10.1 Å². The molecule has 0 aromatic heterocycles. The Labute approximate surface area is 202 Å². The number of carbonyl (C=O) groups is 1. The number of hydrogen-bond donors (Lipinski definition) is 1. The van der Waals surface area contributed by atoms with E-state index in [1.807, 2.05) is 12.1 Å². The molecule has 0 unspecified atom stereocenters. The zero-order valence-electron chi connectivity index (χ0n) is 19.0. The molecule has 1 N–H and O–H groups in total. The summed E-state index contributed by atoms with van der Waals surface area (Å²) in [5, 5.41) is 3.38. The number of guanidine groups is 1. The van der Waals surface area contributed by atoms with Crippen molar-refractivity contribution >= 4 is 35.9 Å². The van der Waals surface area contributed by atoms with Crippen molar-refractivity contribution < 1.29 is 23.7 Å². The van der Waals surface area contributed by atoms with Crippen LogP contribution in [0.2, 0.25) is 0 Å². The molecule has 0 atom stereocenters. The number of hydrogen-bond acceptors (Lipinski definition) is 6. The molecule has 1 aromatic rings. The number of rotatable bonds is 10. The lowest BCUT2D eigenvalue weighted by atomic mass is 10.1. The second-order valence-corrected chi connectivity index (χ2v) is 7.10. The predicted molar refractivity (Wildman–Crippen MR) is 132 cm³/mol. The maximum Gasteiger partial charge on any atom is 0.341 e. The first-order chi connectivity index (χ1) is 14.6. The van der Waals surface area contributed by atoms with Gasteiger partial charge < -0.3 is 29.2 Å². The Balaban J connectivity index is 0.00000480. The van der Waals surface area contributed by atoms with Crippen LogP contribution in [0.4, 0.5) is 0 Å². The number of carbonyl (C=O) groups excluding carboxylic acids is 1. The van der Waals surface area contributed by atoms with Crippen molar-refractivity contribution in [1.29, 1.82) is 0 Å². The van der Waals surface area contributed by atoms with E-state index in [0.29, 0.717) is 24.0 Å². The van der Waals surface area contributed by atoms with Gasteiger partial charge in [0.1, 0.15) is 11.3 Å². The van der Waals surface area contributed by atoms with Crippen molar-refractivity contribution in [3.8, 4) is 5.75 Å². The van der Waals surface area contributed by atoms with Crippen LogP contribution in [-0.4, -0.2) is 77.1 Å². The fourth-order valence-electron chi connectivity index (χ4n) is 3.39. The molecule has 0 spiro atoms. The SMILES string of the molecule is CCNC(=NCc1ccc(C(=O)OC)c(OC)c1)N1CCC(OCCCOC)CC1.I. The molecule has 1 saturated heterocycles. The Hall–Kier alpha value is -1.59. The Kier molecular flexibility index (Phi) is 13.5. The largest absolute Gasteiger partial charge is 0.496 e. The fourth-order valence-corrected chi connectivity index (χ4v) is 3.39. The van der Waals surface area contributed by atoms with Crippen LogP contribution in [0.1, 0.15) is 42.1 Å². The van der Waals surface area contributed by atoms with Crippen LogP contribution in [-0.2, 0) is 20.8 Å². The van der Waals surface area contributed by atoms with Gasteiger partial charge in [0.25, 0.3) is 0 Å². The summed E-state index contributed by atoms with van der Waals surface area (Å²) in [5.41, 5.74) is 1.37. The fraction of sp³-hybridized carbons (Fsp3) is 0.636. The molecule has 1 aromatic carbocycles. The minimum Gasteiger partial charge on any atom is -0.496 e. The van der Waals surface area contributed by atoms with Gasteiger partial charge in [0.2, 0.25) is 0 Å². The van der Waals surface area contributed by atoms with Crippen molar-refractivity contribution in [1.82, 2.24) is 10.2 Å². The standard InChI is InChI=1S/C22H35N3O5.HI/c1-5-23-22(25-11-9-18(10-12-25)30-14-6-13-27-2)24-16-17-7-8-19(21(26)29-4)20(15-17)28-3;/h7-8,15,18H,5-6,9-14,16H2,1-4H3,(H,23,24);1H. The quantitative estimate of drug-likeness (QED) is 0.158. The normalized spacial score (nSPS) is 14.7. The second kappa shape index (κ2) is 15.3. The zero-order chi connectivity index (χ0) is 21.8. The highest BCUT2D eigenvalue weighted by Gasteiger charge is 2.22. The van der Waals surface area contributed by atoms with Gasteiger partial charge in [0.15, 0.2) is 5.96 Å². The Bertz CT molecular complexity index is 694. The van der Waals surface area contributed by atoms with E-state index >= 15 is 0 Å². The van der Waals surface area contributed by atoms with Gasteiger partial charge in [-0.1, -0.05) is 6.07 Å². The van der Waals surface area contributed by atoms with Crippen LogP contribution in [0.3, 0.4) is 0 Å². The molecule has 0 bridgehead atoms. The van der Waals surface area contributed by atoms with Gasteiger partial charge in [-0.15, -0.1) is 24.0 Å². The minimum atomic E-state index is -0.414. The number of ether oxygens (including phenoxy) is 4. The smallest absolute Gasteiger partial charge is 0.341 e. The van der Waals surface area contributed by atoms with E-state index in [4.69, 9.17) is 23.9 Å². The van der Waals surface area contributed by atoms with E-state index in [-0.39, 0.29) is 24.0 Å². The molecule has 1 fully saturated rings. The lowest BCUT2D eigenvalue weighted by Crippen LogP contribution is -2.47. The maximum absolute atomic E-state index is 11.8. The van der Waals surface area contributed by atoms with Gasteiger partial charge in [-0.25, -0.2) is 9.79 Å². The molecule has 0 radical (unpaired) electrons. The highest BCUT2D eigenvalue weighted by molar-refractivity contribution is 14.0. The molecule has 2 rings (SSSR count). The molecular formula is C22H36IN3O5. The highest BCUT2D eigenvalue weighted by Crippen LogP contribution is 2.22. The van der Waals surface area contributed by atoms with Gasteiger partial charge in [-0.2, -0.15) is 0 Å². The van der Waals surface area contributed by atoms with E-state index < -0.39 is 5.97 Å². The molecule has 9 heteroatoms. The van der Waals surface area contributed by atoms with Gasteiger partial charge in [0, 0.05) is 40.0 Å². The lowest BCUT2D eigenvalue weighted by Gasteiger charge is -2.34. The molecule has 0 saturated carbocycles. The Morgan fingerprint density at radius 1 is 1.19 bits per heavy atom. The summed E-state index contributed by atoms with van der Waals surface area (Å²) < 4.78 is 21.1. The Morgan fingerprint density at radius 2 is 1.94 bits per heavy atom. The van der Waals surface area contributed by atoms with E-state index in [2.05, 4.69) is 17.1 Å². The van der Waals surface area contributed by atoms with Crippen LogP contribution >= 0.6 is 24.0 Å². The third-order valence-electron chi connectivity index (χ3n) is 5.01. The number of aliphatic imine (C=N–C) groups is 1. The molecule has 176 valence electrons. The van der Waals surface area contributed by atoms with E-state index in [1.165, 1.54) is 7.11 Å². The first kappa shape index (κ1) is 27.4. The van der Waals surface area contributed by atoms with E-state index in [0.717, 1.165) is 63.6 Å². The van der Waals surface area contributed by atoms with Gasteiger partial charge in [0.05, 0.1) is 26.9 Å². The first-order valence-electron chi connectivity index (χ1n) is 10.5. The van der Waals surface area contributed by atoms with Crippen molar-refractivity contribution in [3.63, 3.8) is 0 Å². The molecule has 1 heterocycles. The molecule has 1 aliphatic rings. The average molecular weight is 549 g/mol. The minimum absolute atomic E-state index is 0. The van der Waals surface area contributed by atoms with E-state index in [1.54, 1.807) is 20.3 Å². The summed E-state index contributed by atoms with van der Waals surface area (Å²) in [6.45, 7) is 6.66. The molecule has 0 aliphatic carbocycles. The number of piperidine rings is 1. The summed E-state index contributed by atoms with van der Waals surface area (Å²) in [5.74, 6) is 0.972. The van der Waals surface area contributed by atoms with Gasteiger partial charge >= 0.3 is 5.97 Å². The van der Waals surface area contributed by atoms with Crippen LogP contribution in [0.25, 0.3) is 0 Å². The first-order valence-corrected chi connectivity index (χ1v) is 10.5. The predicted octanol–water partition coefficient (Wildman–Crippen LogP) is 3.08. The Morgan fingerprint density at radius 3 is 2.55 bits per heavy atom. The summed E-state index contributed by atoms with van der Waals surface area (Å²) in [6.07, 6.45) is 3.20. The number of nitrogens with one attached hydrogen (secondary N) is 1. The molecule has 8 nitrogen and oxygen atoms in total. The number of nitrogens with zero attached hydrogens (tertiary/aromatic N) is 2. The molecule has 31 heavy (non-hydrogen) atoms. The summed E-state index contributed by atoms with van der Waals surface area (Å²) in [4.78, 5) is 18.9. The van der Waals surface area contributed by atoms with Gasteiger partial charge in [-0.3, -0.25) is 0 Å². The third kappa shape index (κ3) is 8.82.